The topological polar surface area (TPSA) is 37.8 Å². The molecule has 3 nitrogen and oxygen atoms in total. The van der Waals surface area contributed by atoms with Gasteiger partial charge in [0, 0.05) is 23.8 Å². The summed E-state index contributed by atoms with van der Waals surface area (Å²) < 4.78 is 0. The van der Waals surface area contributed by atoms with Crippen LogP contribution in [0.15, 0.2) is 6.07 Å². The Kier molecular flexibility index (Phi) is 4.54. The third kappa shape index (κ3) is 4.35. The standard InChI is InChI=1S/C12H20ClN3/c1-9-7-10(2)16-11(15-9)14-8-12(3,4)5-6-13/h7H,5-6,8H2,1-4H3,(H,14,15,16). The number of nitrogens with zero attached hydrogens (tertiary/aromatic N) is 2. The van der Waals surface area contributed by atoms with Crippen molar-refractivity contribution in [3.8, 4) is 0 Å². The van der Waals surface area contributed by atoms with Crippen molar-refractivity contribution in [3.05, 3.63) is 17.5 Å². The highest BCUT2D eigenvalue weighted by molar-refractivity contribution is 6.17. The maximum absolute atomic E-state index is 5.76. The molecule has 0 atom stereocenters. The van der Waals surface area contributed by atoms with Crippen LogP contribution in [0, 0.1) is 19.3 Å². The van der Waals surface area contributed by atoms with Crippen LogP contribution in [-0.4, -0.2) is 22.4 Å². The Morgan fingerprint density at radius 2 is 1.81 bits per heavy atom. The minimum atomic E-state index is 0.169. The van der Waals surface area contributed by atoms with E-state index < -0.39 is 0 Å². The Bertz CT molecular complexity index is 330. The number of alkyl halides is 1. The van der Waals surface area contributed by atoms with Gasteiger partial charge in [-0.15, -0.1) is 11.6 Å². The van der Waals surface area contributed by atoms with Gasteiger partial charge in [0.2, 0.25) is 5.95 Å². The second kappa shape index (κ2) is 5.48. The van der Waals surface area contributed by atoms with Gasteiger partial charge in [0.25, 0.3) is 0 Å². The Hall–Kier alpha value is -0.830. The zero-order valence-electron chi connectivity index (χ0n) is 10.5. The van der Waals surface area contributed by atoms with E-state index in [0.29, 0.717) is 11.8 Å². The van der Waals surface area contributed by atoms with Crippen LogP contribution in [0.1, 0.15) is 31.7 Å². The van der Waals surface area contributed by atoms with E-state index in [0.717, 1.165) is 24.4 Å². The minimum absolute atomic E-state index is 0.169. The summed E-state index contributed by atoms with van der Waals surface area (Å²) in [6.07, 6.45) is 0.979. The molecule has 1 N–H and O–H groups in total. The van der Waals surface area contributed by atoms with Crippen LogP contribution in [0.3, 0.4) is 0 Å². The predicted molar refractivity (Wildman–Crippen MR) is 69.1 cm³/mol. The summed E-state index contributed by atoms with van der Waals surface area (Å²) in [7, 11) is 0. The first kappa shape index (κ1) is 13.2. The number of aryl methyl sites for hydroxylation is 2. The predicted octanol–water partition coefficient (Wildman–Crippen LogP) is 3.16. The van der Waals surface area contributed by atoms with Gasteiger partial charge in [-0.1, -0.05) is 13.8 Å². The Labute approximate surface area is 103 Å². The summed E-state index contributed by atoms with van der Waals surface area (Å²) >= 11 is 5.76. The van der Waals surface area contributed by atoms with Gasteiger partial charge in [0.15, 0.2) is 0 Å². The first-order chi connectivity index (χ1) is 7.43. The van der Waals surface area contributed by atoms with E-state index in [9.17, 15) is 0 Å². The molecular formula is C12H20ClN3. The van der Waals surface area contributed by atoms with E-state index in [1.165, 1.54) is 0 Å². The molecule has 90 valence electrons. The average Bonchev–Trinajstić information content (AvgIpc) is 2.13. The van der Waals surface area contributed by atoms with Crippen molar-refractivity contribution in [3.63, 3.8) is 0 Å². The second-order valence-corrected chi connectivity index (χ2v) is 5.31. The molecule has 16 heavy (non-hydrogen) atoms. The summed E-state index contributed by atoms with van der Waals surface area (Å²) in [5, 5.41) is 3.27. The van der Waals surface area contributed by atoms with Gasteiger partial charge in [0.05, 0.1) is 0 Å². The number of hydrogen-bond donors (Lipinski definition) is 1. The third-order valence-electron chi connectivity index (χ3n) is 2.48. The van der Waals surface area contributed by atoms with Crippen molar-refractivity contribution in [2.24, 2.45) is 5.41 Å². The van der Waals surface area contributed by atoms with E-state index >= 15 is 0 Å². The molecular weight excluding hydrogens is 222 g/mol. The van der Waals surface area contributed by atoms with E-state index in [4.69, 9.17) is 11.6 Å². The first-order valence-electron chi connectivity index (χ1n) is 5.55. The van der Waals surface area contributed by atoms with Crippen LogP contribution in [0.4, 0.5) is 5.95 Å². The highest BCUT2D eigenvalue weighted by atomic mass is 35.5. The maximum Gasteiger partial charge on any atom is 0.223 e. The number of nitrogens with one attached hydrogen (secondary N) is 1. The lowest BCUT2D eigenvalue weighted by molar-refractivity contribution is 0.378. The van der Waals surface area contributed by atoms with Gasteiger partial charge in [0.1, 0.15) is 0 Å². The molecule has 0 radical (unpaired) electrons. The van der Waals surface area contributed by atoms with Crippen LogP contribution in [-0.2, 0) is 0 Å². The first-order valence-corrected chi connectivity index (χ1v) is 6.08. The number of anilines is 1. The fourth-order valence-corrected chi connectivity index (χ4v) is 1.98. The normalized spacial score (nSPS) is 11.6. The molecule has 0 aliphatic carbocycles. The van der Waals surface area contributed by atoms with Gasteiger partial charge in [-0.05, 0) is 31.7 Å². The molecule has 1 heterocycles. The molecule has 0 amide bonds. The Morgan fingerprint density at radius 3 is 2.31 bits per heavy atom. The number of aromatic nitrogens is 2. The van der Waals surface area contributed by atoms with Crippen molar-refractivity contribution in [2.45, 2.75) is 34.1 Å². The van der Waals surface area contributed by atoms with Crippen molar-refractivity contribution in [1.29, 1.82) is 0 Å². The molecule has 1 aromatic heterocycles. The zero-order chi connectivity index (χ0) is 12.2. The van der Waals surface area contributed by atoms with E-state index in [-0.39, 0.29) is 5.41 Å². The van der Waals surface area contributed by atoms with Crippen molar-refractivity contribution >= 4 is 17.5 Å². The van der Waals surface area contributed by atoms with Crippen LogP contribution in [0.2, 0.25) is 0 Å². The van der Waals surface area contributed by atoms with Gasteiger partial charge in [-0.25, -0.2) is 9.97 Å². The molecule has 0 fully saturated rings. The van der Waals surface area contributed by atoms with Gasteiger partial charge in [-0.3, -0.25) is 0 Å². The van der Waals surface area contributed by atoms with E-state index in [1.807, 2.05) is 19.9 Å². The van der Waals surface area contributed by atoms with Gasteiger partial charge < -0.3 is 5.32 Å². The number of hydrogen-bond acceptors (Lipinski definition) is 3. The molecule has 4 heteroatoms. The molecule has 0 saturated heterocycles. The van der Waals surface area contributed by atoms with E-state index in [1.54, 1.807) is 0 Å². The average molecular weight is 242 g/mol. The molecule has 1 rings (SSSR count). The fraction of sp³-hybridized carbons (Fsp3) is 0.667. The largest absolute Gasteiger partial charge is 0.354 e. The lowest BCUT2D eigenvalue weighted by Crippen LogP contribution is -2.24. The fourth-order valence-electron chi connectivity index (χ4n) is 1.47. The Morgan fingerprint density at radius 1 is 1.25 bits per heavy atom. The molecule has 0 aromatic carbocycles. The quantitative estimate of drug-likeness (QED) is 0.805. The van der Waals surface area contributed by atoms with Crippen LogP contribution in [0.25, 0.3) is 0 Å². The summed E-state index contributed by atoms with van der Waals surface area (Å²) in [6, 6.07) is 1.97. The van der Waals surface area contributed by atoms with Crippen LogP contribution >= 0.6 is 11.6 Å². The van der Waals surface area contributed by atoms with Crippen LogP contribution in [0.5, 0.6) is 0 Å². The van der Waals surface area contributed by atoms with Gasteiger partial charge >= 0.3 is 0 Å². The lowest BCUT2D eigenvalue weighted by atomic mass is 9.90. The molecule has 1 aromatic rings. The third-order valence-corrected chi connectivity index (χ3v) is 2.67. The Balaban J connectivity index is 2.60. The maximum atomic E-state index is 5.76. The van der Waals surface area contributed by atoms with Gasteiger partial charge in [-0.2, -0.15) is 0 Å². The number of halogens is 1. The summed E-state index contributed by atoms with van der Waals surface area (Å²) in [6.45, 7) is 9.16. The zero-order valence-corrected chi connectivity index (χ0v) is 11.2. The molecule has 0 bridgehead atoms. The summed E-state index contributed by atoms with van der Waals surface area (Å²) in [5.41, 5.74) is 2.15. The molecule has 0 aliphatic heterocycles. The molecule has 0 saturated carbocycles. The highest BCUT2D eigenvalue weighted by Gasteiger charge is 2.17. The molecule has 0 aliphatic rings. The van der Waals surface area contributed by atoms with Crippen molar-refractivity contribution < 1.29 is 0 Å². The summed E-state index contributed by atoms with van der Waals surface area (Å²) in [5.74, 6) is 1.39. The SMILES string of the molecule is Cc1cc(C)nc(NCC(C)(C)CCCl)n1. The second-order valence-electron chi connectivity index (χ2n) is 4.93. The minimum Gasteiger partial charge on any atom is -0.354 e. The van der Waals surface area contributed by atoms with Crippen LogP contribution < -0.4 is 5.32 Å². The molecule has 0 spiro atoms. The van der Waals surface area contributed by atoms with Crippen molar-refractivity contribution in [2.75, 3.05) is 17.7 Å². The highest BCUT2D eigenvalue weighted by Crippen LogP contribution is 2.21. The van der Waals surface area contributed by atoms with E-state index in [2.05, 4.69) is 29.1 Å². The number of rotatable bonds is 5. The smallest absolute Gasteiger partial charge is 0.223 e. The van der Waals surface area contributed by atoms with Crippen molar-refractivity contribution in [1.82, 2.24) is 9.97 Å². The monoisotopic (exact) mass is 241 g/mol. The lowest BCUT2D eigenvalue weighted by Gasteiger charge is -2.23. The summed E-state index contributed by atoms with van der Waals surface area (Å²) in [4.78, 5) is 8.68. The molecule has 0 unspecified atom stereocenters.